The molecule has 1 aromatic carbocycles. The number of carbonyl (C=O) groups is 3. The zero-order valence-electron chi connectivity index (χ0n) is 11.3. The van der Waals surface area contributed by atoms with Crippen molar-refractivity contribution in [3.05, 3.63) is 40.4 Å². The fourth-order valence-electron chi connectivity index (χ4n) is 1.33. The zero-order chi connectivity index (χ0) is 16.7. The van der Waals surface area contributed by atoms with Gasteiger partial charge in [0.15, 0.2) is 6.61 Å². The lowest BCUT2D eigenvalue weighted by molar-refractivity contribution is -0.123. The molecule has 22 heavy (non-hydrogen) atoms. The molecule has 0 heterocycles. The number of rotatable bonds is 5. The third-order valence-electron chi connectivity index (χ3n) is 2.31. The highest BCUT2D eigenvalue weighted by Crippen LogP contribution is 2.27. The molecule has 7 nitrogen and oxygen atoms in total. The molecular weight excluding hydrogens is 333 g/mol. The summed E-state index contributed by atoms with van der Waals surface area (Å²) in [4.78, 5) is 34.4. The standard InChI is InChI=1S/C13H13Cl2N3O4/c1-2-3-17-13(21)18-10(19)6-22-12(20)8-4-7(14)5-9(15)11(8)16/h2,4-5H,1,3,6,16H2,(H2,17,18,19,21). The summed E-state index contributed by atoms with van der Waals surface area (Å²) in [6, 6.07) is 1.90. The van der Waals surface area contributed by atoms with E-state index in [4.69, 9.17) is 33.7 Å². The third-order valence-corrected chi connectivity index (χ3v) is 2.84. The first-order chi connectivity index (χ1) is 10.3. The first-order valence-corrected chi connectivity index (χ1v) is 6.71. The Bertz CT molecular complexity index is 620. The van der Waals surface area contributed by atoms with E-state index < -0.39 is 24.5 Å². The number of imide groups is 1. The predicted octanol–water partition coefficient (Wildman–Crippen LogP) is 1.74. The van der Waals surface area contributed by atoms with Crippen LogP contribution >= 0.6 is 23.2 Å². The van der Waals surface area contributed by atoms with E-state index in [9.17, 15) is 14.4 Å². The summed E-state index contributed by atoms with van der Waals surface area (Å²) in [5.41, 5.74) is 5.55. The van der Waals surface area contributed by atoms with Gasteiger partial charge in [0.25, 0.3) is 5.91 Å². The highest BCUT2D eigenvalue weighted by molar-refractivity contribution is 6.37. The van der Waals surface area contributed by atoms with Crippen molar-refractivity contribution in [2.24, 2.45) is 0 Å². The average Bonchev–Trinajstić information content (AvgIpc) is 2.46. The first kappa shape index (κ1) is 17.8. The molecule has 0 radical (unpaired) electrons. The number of carbonyl (C=O) groups excluding carboxylic acids is 3. The molecule has 0 aliphatic rings. The Balaban J connectivity index is 2.58. The molecule has 0 spiro atoms. The van der Waals surface area contributed by atoms with Crippen molar-refractivity contribution in [2.75, 3.05) is 18.9 Å². The molecule has 1 rings (SSSR count). The van der Waals surface area contributed by atoms with E-state index in [0.717, 1.165) is 0 Å². The van der Waals surface area contributed by atoms with E-state index >= 15 is 0 Å². The van der Waals surface area contributed by atoms with Gasteiger partial charge in [0.05, 0.1) is 16.3 Å². The molecule has 0 unspecified atom stereocenters. The number of nitrogens with one attached hydrogen (secondary N) is 2. The smallest absolute Gasteiger partial charge is 0.340 e. The van der Waals surface area contributed by atoms with Crippen molar-refractivity contribution in [1.29, 1.82) is 0 Å². The summed E-state index contributed by atoms with van der Waals surface area (Å²) in [6.07, 6.45) is 1.44. The van der Waals surface area contributed by atoms with Crippen LogP contribution in [0.5, 0.6) is 0 Å². The van der Waals surface area contributed by atoms with Gasteiger partial charge in [0, 0.05) is 11.6 Å². The molecule has 1 aromatic rings. The van der Waals surface area contributed by atoms with Gasteiger partial charge in [-0.3, -0.25) is 10.1 Å². The maximum absolute atomic E-state index is 11.8. The Hall–Kier alpha value is -2.25. The van der Waals surface area contributed by atoms with Gasteiger partial charge < -0.3 is 15.8 Å². The maximum Gasteiger partial charge on any atom is 0.340 e. The lowest BCUT2D eigenvalue weighted by atomic mass is 10.2. The highest BCUT2D eigenvalue weighted by atomic mass is 35.5. The third kappa shape index (κ3) is 5.27. The Morgan fingerprint density at radius 2 is 2.00 bits per heavy atom. The maximum atomic E-state index is 11.8. The van der Waals surface area contributed by atoms with Crippen LogP contribution in [-0.2, 0) is 9.53 Å². The number of nitrogens with two attached hydrogens (primary N) is 1. The van der Waals surface area contributed by atoms with Crippen molar-refractivity contribution < 1.29 is 19.1 Å². The molecule has 0 fully saturated rings. The second-order valence-electron chi connectivity index (χ2n) is 3.97. The van der Waals surface area contributed by atoms with Crippen LogP contribution in [0.4, 0.5) is 10.5 Å². The van der Waals surface area contributed by atoms with Gasteiger partial charge in [0.1, 0.15) is 0 Å². The monoisotopic (exact) mass is 345 g/mol. The van der Waals surface area contributed by atoms with E-state index in [0.29, 0.717) is 0 Å². The molecule has 0 atom stereocenters. The minimum Gasteiger partial charge on any atom is -0.452 e. The van der Waals surface area contributed by atoms with Crippen LogP contribution in [0.25, 0.3) is 0 Å². The van der Waals surface area contributed by atoms with Crippen LogP contribution in [-0.4, -0.2) is 31.1 Å². The summed E-state index contributed by atoms with van der Waals surface area (Å²) >= 11 is 11.5. The summed E-state index contributed by atoms with van der Waals surface area (Å²) in [5.74, 6) is -1.69. The quantitative estimate of drug-likeness (QED) is 0.427. The van der Waals surface area contributed by atoms with Crippen LogP contribution in [0, 0.1) is 0 Å². The Kier molecular flexibility index (Phi) is 6.68. The number of amides is 3. The summed E-state index contributed by atoms with van der Waals surface area (Å²) in [5, 5.41) is 4.57. The van der Waals surface area contributed by atoms with E-state index in [1.165, 1.54) is 18.2 Å². The number of nitrogen functional groups attached to an aromatic ring is 1. The largest absolute Gasteiger partial charge is 0.452 e. The molecule has 0 saturated carbocycles. The van der Waals surface area contributed by atoms with Gasteiger partial charge in [-0.2, -0.15) is 0 Å². The summed E-state index contributed by atoms with van der Waals surface area (Å²) in [7, 11) is 0. The second-order valence-corrected chi connectivity index (χ2v) is 4.82. The number of ether oxygens (including phenoxy) is 1. The second kappa shape index (κ2) is 8.26. The van der Waals surface area contributed by atoms with Crippen molar-refractivity contribution in [3.63, 3.8) is 0 Å². The number of hydrogen-bond donors (Lipinski definition) is 3. The highest BCUT2D eigenvalue weighted by Gasteiger charge is 2.17. The van der Waals surface area contributed by atoms with Crippen LogP contribution in [0.1, 0.15) is 10.4 Å². The molecule has 4 N–H and O–H groups in total. The number of esters is 1. The fourth-order valence-corrected chi connectivity index (χ4v) is 1.83. The number of anilines is 1. The van der Waals surface area contributed by atoms with Gasteiger partial charge in [-0.1, -0.05) is 29.3 Å². The van der Waals surface area contributed by atoms with E-state index in [-0.39, 0.29) is 27.8 Å². The van der Waals surface area contributed by atoms with Gasteiger partial charge in [-0.05, 0) is 12.1 Å². The number of halogens is 2. The number of hydrogen-bond acceptors (Lipinski definition) is 5. The fraction of sp³-hybridized carbons (Fsp3) is 0.154. The zero-order valence-corrected chi connectivity index (χ0v) is 12.8. The summed E-state index contributed by atoms with van der Waals surface area (Å²) < 4.78 is 4.74. The number of urea groups is 1. The van der Waals surface area contributed by atoms with Crippen molar-refractivity contribution in [1.82, 2.24) is 10.6 Å². The van der Waals surface area contributed by atoms with Crippen LogP contribution in [0.3, 0.4) is 0 Å². The van der Waals surface area contributed by atoms with Gasteiger partial charge >= 0.3 is 12.0 Å². The Morgan fingerprint density at radius 1 is 1.32 bits per heavy atom. The minimum atomic E-state index is -0.886. The van der Waals surface area contributed by atoms with Crippen molar-refractivity contribution in [2.45, 2.75) is 0 Å². The molecule has 9 heteroatoms. The molecule has 0 aliphatic heterocycles. The lowest BCUT2D eigenvalue weighted by Gasteiger charge is -2.09. The van der Waals surface area contributed by atoms with E-state index in [1.807, 2.05) is 5.32 Å². The first-order valence-electron chi connectivity index (χ1n) is 5.95. The van der Waals surface area contributed by atoms with Crippen LogP contribution in [0.15, 0.2) is 24.8 Å². The molecular formula is C13H13Cl2N3O4. The molecule has 0 aromatic heterocycles. The summed E-state index contributed by atoms with van der Waals surface area (Å²) in [6.45, 7) is 2.93. The Labute approximate surface area is 136 Å². The van der Waals surface area contributed by atoms with E-state index in [1.54, 1.807) is 0 Å². The van der Waals surface area contributed by atoms with Gasteiger partial charge in [0.2, 0.25) is 0 Å². The van der Waals surface area contributed by atoms with Crippen LogP contribution in [0.2, 0.25) is 10.0 Å². The lowest BCUT2D eigenvalue weighted by Crippen LogP contribution is -2.41. The SMILES string of the molecule is C=CCNC(=O)NC(=O)COC(=O)c1cc(Cl)cc(Cl)c1N. The molecule has 0 saturated heterocycles. The molecule has 0 bridgehead atoms. The number of benzene rings is 1. The average molecular weight is 346 g/mol. The Morgan fingerprint density at radius 3 is 2.64 bits per heavy atom. The van der Waals surface area contributed by atoms with Crippen LogP contribution < -0.4 is 16.4 Å². The van der Waals surface area contributed by atoms with Crippen molar-refractivity contribution >= 4 is 46.8 Å². The molecule has 118 valence electrons. The molecule has 3 amide bonds. The minimum absolute atomic E-state index is 0.0137. The molecule has 0 aliphatic carbocycles. The van der Waals surface area contributed by atoms with Gasteiger partial charge in [-0.15, -0.1) is 6.58 Å². The topological polar surface area (TPSA) is 111 Å². The normalized spacial score (nSPS) is 9.73. The van der Waals surface area contributed by atoms with Crippen molar-refractivity contribution in [3.8, 4) is 0 Å². The van der Waals surface area contributed by atoms with E-state index in [2.05, 4.69) is 11.9 Å². The van der Waals surface area contributed by atoms with Gasteiger partial charge in [-0.25, -0.2) is 9.59 Å². The predicted molar refractivity (Wildman–Crippen MR) is 82.9 cm³/mol.